The number of hydrogen-bond donors (Lipinski definition) is 1. The number of piperidine rings is 1. The second-order valence-corrected chi connectivity index (χ2v) is 6.24. The summed E-state index contributed by atoms with van der Waals surface area (Å²) in [5.74, 6) is 0.387. The lowest BCUT2D eigenvalue weighted by molar-refractivity contribution is 0.131. The van der Waals surface area contributed by atoms with Crippen molar-refractivity contribution in [1.82, 2.24) is 9.88 Å². The molecular weight excluding hydrogens is 240 g/mol. The minimum absolute atomic E-state index is 0.0533. The van der Waals surface area contributed by atoms with Crippen LogP contribution < -0.4 is 0 Å². The number of likely N-dealkylation sites (tertiary alicyclic amines) is 1. The van der Waals surface area contributed by atoms with Crippen LogP contribution in [0.25, 0.3) is 0 Å². The summed E-state index contributed by atoms with van der Waals surface area (Å²) in [6, 6.07) is 6.19. The molecular formula is C15H22N2O2. The van der Waals surface area contributed by atoms with Crippen molar-refractivity contribution < 1.29 is 9.90 Å². The third-order valence-corrected chi connectivity index (χ3v) is 3.72. The summed E-state index contributed by atoms with van der Waals surface area (Å²) >= 11 is 0. The Hall–Kier alpha value is -1.58. The van der Waals surface area contributed by atoms with Crippen molar-refractivity contribution in [2.45, 2.75) is 44.9 Å². The molecule has 0 bridgehead atoms. The van der Waals surface area contributed by atoms with E-state index in [0.29, 0.717) is 19.0 Å². The molecule has 0 unspecified atom stereocenters. The monoisotopic (exact) mass is 262 g/mol. The first kappa shape index (κ1) is 13.8. The second-order valence-electron chi connectivity index (χ2n) is 6.24. The van der Waals surface area contributed by atoms with Crippen LogP contribution in [-0.4, -0.2) is 34.2 Å². The first-order valence-electron chi connectivity index (χ1n) is 6.83. The highest BCUT2D eigenvalue weighted by atomic mass is 16.4. The lowest BCUT2D eigenvalue weighted by Crippen LogP contribution is -2.37. The van der Waals surface area contributed by atoms with Crippen molar-refractivity contribution in [1.29, 1.82) is 0 Å². The minimum Gasteiger partial charge on any atom is -0.465 e. The van der Waals surface area contributed by atoms with Gasteiger partial charge in [-0.05, 0) is 25.0 Å². The van der Waals surface area contributed by atoms with Crippen molar-refractivity contribution in [3.05, 3.63) is 29.6 Å². The molecule has 0 atom stereocenters. The molecule has 1 aromatic rings. The Balaban J connectivity index is 2.10. The average molecular weight is 262 g/mol. The zero-order valence-electron chi connectivity index (χ0n) is 11.9. The lowest BCUT2D eigenvalue weighted by atomic mass is 9.89. The molecule has 2 rings (SSSR count). The van der Waals surface area contributed by atoms with E-state index in [-0.39, 0.29) is 5.41 Å². The third kappa shape index (κ3) is 3.25. The van der Waals surface area contributed by atoms with Crippen molar-refractivity contribution in [3.63, 3.8) is 0 Å². The van der Waals surface area contributed by atoms with Gasteiger partial charge in [0, 0.05) is 35.8 Å². The molecule has 1 aliphatic rings. The molecule has 4 nitrogen and oxygen atoms in total. The van der Waals surface area contributed by atoms with Gasteiger partial charge in [0.15, 0.2) is 0 Å². The summed E-state index contributed by atoms with van der Waals surface area (Å²) in [5.41, 5.74) is 2.26. The molecule has 1 amide bonds. The summed E-state index contributed by atoms with van der Waals surface area (Å²) < 4.78 is 0. The van der Waals surface area contributed by atoms with Gasteiger partial charge in [-0.1, -0.05) is 26.8 Å². The highest BCUT2D eigenvalue weighted by Gasteiger charge is 2.25. The van der Waals surface area contributed by atoms with Gasteiger partial charge >= 0.3 is 6.09 Å². The average Bonchev–Trinajstić information content (AvgIpc) is 2.38. The molecule has 1 fully saturated rings. The molecule has 0 aliphatic carbocycles. The molecule has 4 heteroatoms. The summed E-state index contributed by atoms with van der Waals surface area (Å²) in [6.07, 6.45) is 0.926. The van der Waals surface area contributed by atoms with Gasteiger partial charge < -0.3 is 10.0 Å². The highest BCUT2D eigenvalue weighted by Crippen LogP contribution is 2.28. The number of pyridine rings is 1. The number of hydrogen-bond acceptors (Lipinski definition) is 2. The van der Waals surface area contributed by atoms with Crippen LogP contribution in [0.5, 0.6) is 0 Å². The number of amides is 1. The Labute approximate surface area is 114 Å². The Bertz CT molecular complexity index is 457. The largest absolute Gasteiger partial charge is 0.465 e. The molecule has 19 heavy (non-hydrogen) atoms. The van der Waals surface area contributed by atoms with Gasteiger partial charge in [0.1, 0.15) is 0 Å². The van der Waals surface area contributed by atoms with E-state index in [2.05, 4.69) is 39.0 Å². The number of rotatable bonds is 1. The minimum atomic E-state index is -0.810. The summed E-state index contributed by atoms with van der Waals surface area (Å²) in [4.78, 5) is 17.2. The zero-order valence-corrected chi connectivity index (χ0v) is 11.9. The Morgan fingerprint density at radius 2 is 1.95 bits per heavy atom. The van der Waals surface area contributed by atoms with Crippen LogP contribution in [-0.2, 0) is 5.41 Å². The van der Waals surface area contributed by atoms with Crippen LogP contribution in [0.4, 0.5) is 4.79 Å². The first-order valence-corrected chi connectivity index (χ1v) is 6.83. The van der Waals surface area contributed by atoms with Crippen LogP contribution in [0.3, 0.4) is 0 Å². The van der Waals surface area contributed by atoms with E-state index in [1.54, 1.807) is 0 Å². The van der Waals surface area contributed by atoms with Crippen LogP contribution in [0.1, 0.15) is 50.9 Å². The number of carboxylic acid groups (broad SMARTS) is 1. The van der Waals surface area contributed by atoms with Gasteiger partial charge in [-0.25, -0.2) is 4.79 Å². The molecule has 1 saturated heterocycles. The van der Waals surface area contributed by atoms with Gasteiger partial charge in [0.05, 0.1) is 0 Å². The maximum absolute atomic E-state index is 10.9. The molecule has 2 heterocycles. The number of carbonyl (C=O) groups is 1. The fraction of sp³-hybridized carbons (Fsp3) is 0.600. The molecule has 0 aromatic carbocycles. The fourth-order valence-corrected chi connectivity index (χ4v) is 2.46. The summed E-state index contributed by atoms with van der Waals surface area (Å²) in [6.45, 7) is 7.70. The second kappa shape index (κ2) is 5.19. The van der Waals surface area contributed by atoms with E-state index in [9.17, 15) is 4.79 Å². The molecule has 1 aliphatic heterocycles. The maximum atomic E-state index is 10.9. The van der Waals surface area contributed by atoms with Crippen molar-refractivity contribution in [2.24, 2.45) is 0 Å². The van der Waals surface area contributed by atoms with Gasteiger partial charge in [-0.3, -0.25) is 4.98 Å². The van der Waals surface area contributed by atoms with E-state index in [4.69, 9.17) is 10.1 Å². The Kier molecular flexibility index (Phi) is 3.78. The molecule has 0 radical (unpaired) electrons. The van der Waals surface area contributed by atoms with Gasteiger partial charge in [0.25, 0.3) is 0 Å². The van der Waals surface area contributed by atoms with Crippen LogP contribution in [0.15, 0.2) is 18.2 Å². The van der Waals surface area contributed by atoms with Crippen LogP contribution in [0, 0.1) is 0 Å². The van der Waals surface area contributed by atoms with Crippen molar-refractivity contribution >= 4 is 6.09 Å². The topological polar surface area (TPSA) is 53.4 Å². The maximum Gasteiger partial charge on any atom is 0.407 e. The molecule has 0 saturated carbocycles. The summed E-state index contributed by atoms with van der Waals surface area (Å²) in [5, 5.41) is 8.96. The smallest absolute Gasteiger partial charge is 0.407 e. The predicted octanol–water partition coefficient (Wildman–Crippen LogP) is 3.24. The van der Waals surface area contributed by atoms with Gasteiger partial charge in [-0.15, -0.1) is 0 Å². The quantitative estimate of drug-likeness (QED) is 0.845. The predicted molar refractivity (Wildman–Crippen MR) is 74.5 cm³/mol. The lowest BCUT2D eigenvalue weighted by Gasteiger charge is -2.30. The summed E-state index contributed by atoms with van der Waals surface area (Å²) in [7, 11) is 0. The van der Waals surface area contributed by atoms with Crippen molar-refractivity contribution in [3.8, 4) is 0 Å². The zero-order chi connectivity index (χ0) is 14.0. The molecule has 104 valence electrons. The van der Waals surface area contributed by atoms with Crippen LogP contribution in [0.2, 0.25) is 0 Å². The van der Waals surface area contributed by atoms with E-state index in [1.165, 1.54) is 4.90 Å². The van der Waals surface area contributed by atoms with E-state index in [0.717, 1.165) is 24.2 Å². The third-order valence-electron chi connectivity index (χ3n) is 3.72. The Morgan fingerprint density at radius 1 is 1.32 bits per heavy atom. The molecule has 1 aromatic heterocycles. The first-order chi connectivity index (χ1) is 8.88. The van der Waals surface area contributed by atoms with Crippen molar-refractivity contribution in [2.75, 3.05) is 13.1 Å². The van der Waals surface area contributed by atoms with E-state index >= 15 is 0 Å². The van der Waals surface area contributed by atoms with Gasteiger partial charge in [-0.2, -0.15) is 0 Å². The number of aromatic nitrogens is 1. The normalized spacial score (nSPS) is 17.5. The SMILES string of the molecule is CC(C)(C)c1cccc(C2CCN(C(=O)O)CC2)n1. The van der Waals surface area contributed by atoms with E-state index < -0.39 is 6.09 Å². The van der Waals surface area contributed by atoms with Crippen LogP contribution >= 0.6 is 0 Å². The number of nitrogens with zero attached hydrogens (tertiary/aromatic N) is 2. The molecule has 0 spiro atoms. The van der Waals surface area contributed by atoms with E-state index in [1.807, 2.05) is 0 Å². The van der Waals surface area contributed by atoms with Gasteiger partial charge in [0.2, 0.25) is 0 Å². The standard InChI is InChI=1S/C15H22N2O2/c1-15(2,3)13-6-4-5-12(16-13)11-7-9-17(10-8-11)14(18)19/h4-6,11H,7-10H2,1-3H3,(H,18,19). The fourth-order valence-electron chi connectivity index (χ4n) is 2.46. The highest BCUT2D eigenvalue weighted by molar-refractivity contribution is 5.65. The Morgan fingerprint density at radius 3 is 2.47 bits per heavy atom. The molecule has 1 N–H and O–H groups in total.